The zero-order valence-corrected chi connectivity index (χ0v) is 18.5. The van der Waals surface area contributed by atoms with Gasteiger partial charge in [0.1, 0.15) is 12.1 Å². The Hall–Kier alpha value is -3.71. The van der Waals surface area contributed by atoms with E-state index < -0.39 is 0 Å². The van der Waals surface area contributed by atoms with Crippen molar-refractivity contribution in [2.75, 3.05) is 11.9 Å². The van der Waals surface area contributed by atoms with E-state index in [0.717, 1.165) is 22.5 Å². The molecule has 1 amide bonds. The monoisotopic (exact) mass is 429 g/mol. The largest absolute Gasteiger partial charge is 0.376 e. The predicted molar refractivity (Wildman–Crippen MR) is 124 cm³/mol. The van der Waals surface area contributed by atoms with Crippen molar-refractivity contribution in [3.63, 3.8) is 0 Å². The van der Waals surface area contributed by atoms with Crippen LogP contribution in [0.15, 0.2) is 79.4 Å². The van der Waals surface area contributed by atoms with E-state index in [1.807, 2.05) is 67.6 Å². The van der Waals surface area contributed by atoms with Gasteiger partial charge in [-0.1, -0.05) is 61.9 Å². The second-order valence-corrected chi connectivity index (χ2v) is 8.42. The number of nitrogens with zero attached hydrogens (tertiary/aromatic N) is 4. The standard InChI is InChI=1S/C25H27N5O2/c1-19-9-11-21(12-10-19)30-23(27-24(31)29-14-13-26-18-29)15-22(28-30)25(2,3)17-32-16-20-7-5-4-6-8-20/h4-15,18H,16-17H2,1-3H3,(H,27,31). The highest BCUT2D eigenvalue weighted by atomic mass is 16.5. The van der Waals surface area contributed by atoms with Gasteiger partial charge in [0.25, 0.3) is 0 Å². The first-order chi connectivity index (χ1) is 15.4. The van der Waals surface area contributed by atoms with Gasteiger partial charge >= 0.3 is 6.03 Å². The van der Waals surface area contributed by atoms with E-state index in [9.17, 15) is 4.79 Å². The van der Waals surface area contributed by atoms with Gasteiger partial charge < -0.3 is 4.74 Å². The van der Waals surface area contributed by atoms with Crippen LogP contribution >= 0.6 is 0 Å². The van der Waals surface area contributed by atoms with Crippen molar-refractivity contribution in [2.45, 2.75) is 32.8 Å². The summed E-state index contributed by atoms with van der Waals surface area (Å²) >= 11 is 0. The van der Waals surface area contributed by atoms with E-state index in [1.54, 1.807) is 17.1 Å². The molecular formula is C25H27N5O2. The van der Waals surface area contributed by atoms with Gasteiger partial charge in [0.15, 0.2) is 0 Å². The highest BCUT2D eigenvalue weighted by molar-refractivity contribution is 5.90. The Morgan fingerprint density at radius 2 is 1.84 bits per heavy atom. The Balaban J connectivity index is 1.58. The summed E-state index contributed by atoms with van der Waals surface area (Å²) in [6, 6.07) is 19.7. The number of nitrogens with one attached hydrogen (secondary N) is 1. The Morgan fingerprint density at radius 1 is 1.09 bits per heavy atom. The molecule has 0 bridgehead atoms. The highest BCUT2D eigenvalue weighted by Gasteiger charge is 2.27. The molecule has 2 aromatic carbocycles. The molecule has 0 atom stereocenters. The molecule has 0 saturated heterocycles. The fraction of sp³-hybridized carbons (Fsp3) is 0.240. The molecule has 7 nitrogen and oxygen atoms in total. The van der Waals surface area contributed by atoms with Crippen LogP contribution in [0.3, 0.4) is 0 Å². The number of hydrogen-bond donors (Lipinski definition) is 1. The summed E-state index contributed by atoms with van der Waals surface area (Å²) < 4.78 is 9.14. The Bertz CT molecular complexity index is 1160. The van der Waals surface area contributed by atoms with E-state index >= 15 is 0 Å². The first-order valence-electron chi connectivity index (χ1n) is 10.5. The summed E-state index contributed by atoms with van der Waals surface area (Å²) in [4.78, 5) is 16.6. The van der Waals surface area contributed by atoms with Crippen LogP contribution in [0, 0.1) is 6.92 Å². The van der Waals surface area contributed by atoms with Gasteiger partial charge in [-0.15, -0.1) is 0 Å². The average Bonchev–Trinajstić information content (AvgIpc) is 3.46. The number of carbonyl (C=O) groups excluding carboxylic acids is 1. The van der Waals surface area contributed by atoms with Crippen LogP contribution < -0.4 is 5.32 Å². The van der Waals surface area contributed by atoms with Crippen LogP contribution in [0.4, 0.5) is 10.6 Å². The molecule has 0 fully saturated rings. The third-order valence-corrected chi connectivity index (χ3v) is 5.23. The lowest BCUT2D eigenvalue weighted by Gasteiger charge is -2.22. The first-order valence-corrected chi connectivity index (χ1v) is 10.5. The van der Waals surface area contributed by atoms with E-state index in [4.69, 9.17) is 9.84 Å². The van der Waals surface area contributed by atoms with Crippen LogP contribution in [-0.4, -0.2) is 32.0 Å². The summed E-state index contributed by atoms with van der Waals surface area (Å²) in [5, 5.41) is 7.78. The second-order valence-electron chi connectivity index (χ2n) is 8.42. The number of imidazole rings is 1. The second kappa shape index (κ2) is 9.20. The highest BCUT2D eigenvalue weighted by Crippen LogP contribution is 2.28. The summed E-state index contributed by atoms with van der Waals surface area (Å²) in [7, 11) is 0. The summed E-state index contributed by atoms with van der Waals surface area (Å²) in [5.74, 6) is 0.582. The summed E-state index contributed by atoms with van der Waals surface area (Å²) in [6.45, 7) is 7.23. The number of rotatable bonds is 7. The number of aryl methyl sites for hydroxylation is 1. The van der Waals surface area contributed by atoms with Crippen LogP contribution in [-0.2, 0) is 16.8 Å². The van der Waals surface area contributed by atoms with Crippen LogP contribution in [0.1, 0.15) is 30.7 Å². The molecule has 0 aliphatic rings. The molecule has 164 valence electrons. The summed E-state index contributed by atoms with van der Waals surface area (Å²) in [5.41, 5.74) is 3.61. The fourth-order valence-corrected chi connectivity index (χ4v) is 3.31. The minimum atomic E-state index is -0.362. The lowest BCUT2D eigenvalue weighted by molar-refractivity contribution is 0.0810. The number of aromatic nitrogens is 4. The first kappa shape index (κ1) is 21.5. The van der Waals surface area contributed by atoms with Gasteiger partial charge in [0, 0.05) is 23.9 Å². The molecule has 7 heteroatoms. The maximum atomic E-state index is 12.6. The number of anilines is 1. The fourth-order valence-electron chi connectivity index (χ4n) is 3.31. The number of amides is 1. The van der Waals surface area contributed by atoms with Gasteiger partial charge in [-0.25, -0.2) is 14.5 Å². The smallest absolute Gasteiger partial charge is 0.332 e. The zero-order chi connectivity index (χ0) is 22.6. The maximum Gasteiger partial charge on any atom is 0.332 e. The van der Waals surface area contributed by atoms with Crippen molar-refractivity contribution in [1.29, 1.82) is 0 Å². The minimum absolute atomic E-state index is 0.305. The van der Waals surface area contributed by atoms with Crippen molar-refractivity contribution < 1.29 is 9.53 Å². The van der Waals surface area contributed by atoms with Gasteiger partial charge in [0.05, 0.1) is 24.6 Å². The van der Waals surface area contributed by atoms with Gasteiger partial charge in [0.2, 0.25) is 0 Å². The van der Waals surface area contributed by atoms with E-state index in [2.05, 4.69) is 24.1 Å². The molecule has 0 aliphatic heterocycles. The molecule has 4 rings (SSSR count). The molecule has 0 spiro atoms. The van der Waals surface area contributed by atoms with Crippen LogP contribution in [0.2, 0.25) is 0 Å². The van der Waals surface area contributed by atoms with E-state index in [0.29, 0.717) is 19.0 Å². The van der Waals surface area contributed by atoms with Crippen molar-refractivity contribution >= 4 is 11.8 Å². The third kappa shape index (κ3) is 4.95. The van der Waals surface area contributed by atoms with Crippen molar-refractivity contribution in [3.8, 4) is 5.69 Å². The number of ether oxygens (including phenoxy) is 1. The Morgan fingerprint density at radius 3 is 2.53 bits per heavy atom. The molecule has 1 N–H and O–H groups in total. The van der Waals surface area contributed by atoms with Gasteiger partial charge in [-0.2, -0.15) is 5.10 Å². The topological polar surface area (TPSA) is 74.0 Å². The predicted octanol–water partition coefficient (Wildman–Crippen LogP) is 4.95. The van der Waals surface area contributed by atoms with Crippen LogP contribution in [0.25, 0.3) is 5.69 Å². The quantitative estimate of drug-likeness (QED) is 0.451. The Kier molecular flexibility index (Phi) is 6.18. The normalized spacial score (nSPS) is 11.5. The van der Waals surface area contributed by atoms with Crippen LogP contribution in [0.5, 0.6) is 0 Å². The molecule has 0 unspecified atom stereocenters. The number of benzene rings is 2. The molecule has 0 aliphatic carbocycles. The minimum Gasteiger partial charge on any atom is -0.376 e. The van der Waals surface area contributed by atoms with Crippen molar-refractivity contribution in [1.82, 2.24) is 19.3 Å². The van der Waals surface area contributed by atoms with Crippen molar-refractivity contribution in [3.05, 3.63) is 96.2 Å². The summed E-state index contributed by atoms with van der Waals surface area (Å²) in [6.07, 6.45) is 4.63. The maximum absolute atomic E-state index is 12.6. The Labute approximate surface area is 187 Å². The molecular weight excluding hydrogens is 402 g/mol. The molecule has 0 saturated carbocycles. The SMILES string of the molecule is Cc1ccc(-n2nc(C(C)(C)COCc3ccccc3)cc2NC(=O)n2ccnc2)cc1. The zero-order valence-electron chi connectivity index (χ0n) is 18.5. The number of carbonyl (C=O) groups is 1. The molecule has 4 aromatic rings. The molecule has 32 heavy (non-hydrogen) atoms. The van der Waals surface area contributed by atoms with Gasteiger partial charge in [-0.05, 0) is 24.6 Å². The third-order valence-electron chi connectivity index (χ3n) is 5.23. The molecule has 2 aromatic heterocycles. The lowest BCUT2D eigenvalue weighted by atomic mass is 9.90. The van der Waals surface area contributed by atoms with Gasteiger partial charge in [-0.3, -0.25) is 9.88 Å². The average molecular weight is 430 g/mol. The number of hydrogen-bond acceptors (Lipinski definition) is 4. The van der Waals surface area contributed by atoms with E-state index in [-0.39, 0.29) is 11.4 Å². The van der Waals surface area contributed by atoms with Crippen molar-refractivity contribution in [2.24, 2.45) is 0 Å². The lowest BCUT2D eigenvalue weighted by Crippen LogP contribution is -2.25. The molecule has 2 heterocycles. The van der Waals surface area contributed by atoms with E-state index in [1.165, 1.54) is 10.9 Å². The molecule has 0 radical (unpaired) electrons.